The summed E-state index contributed by atoms with van der Waals surface area (Å²) in [6.07, 6.45) is 2.51. The highest BCUT2D eigenvalue weighted by Gasteiger charge is 2.71. The minimum Gasteiger partial charge on any atom is -0.357 e. The molecule has 0 saturated carbocycles. The second-order valence-corrected chi connectivity index (χ2v) is 7.80. The number of anilines is 1. The zero-order valence-corrected chi connectivity index (χ0v) is 15.2. The number of halogens is 2. The minimum absolute atomic E-state index is 0.298. The van der Waals surface area contributed by atoms with Crippen molar-refractivity contribution in [2.45, 2.75) is 18.0 Å². The van der Waals surface area contributed by atoms with E-state index in [4.69, 9.17) is 25.8 Å². The quantitative estimate of drug-likeness (QED) is 0.536. The van der Waals surface area contributed by atoms with Crippen molar-refractivity contribution in [3.63, 3.8) is 0 Å². The summed E-state index contributed by atoms with van der Waals surface area (Å²) in [6, 6.07) is 5.07. The van der Waals surface area contributed by atoms with Crippen LogP contribution in [0.25, 0.3) is 0 Å². The number of nitrogens with zero attached hydrogens (tertiary/aromatic N) is 1. The second kappa shape index (κ2) is 5.37. The number of ether oxygens (including phenoxy) is 3. The summed E-state index contributed by atoms with van der Waals surface area (Å²) in [4.78, 5) is 27.4. The van der Waals surface area contributed by atoms with Gasteiger partial charge in [0.25, 0.3) is 0 Å². The molecule has 1 aromatic carbocycles. The SMILES string of the molecule is O=C1[C@@H]2[C@@H](C(=O)N1c1ccc(Br)cc1Cl)[C@@]1(C3OCCO3)C=C[C@H]2O1. The fourth-order valence-electron chi connectivity index (χ4n) is 4.23. The Labute approximate surface area is 156 Å². The molecule has 0 radical (unpaired) electrons. The molecule has 8 heteroatoms. The lowest BCUT2D eigenvalue weighted by Gasteiger charge is -2.32. The van der Waals surface area contributed by atoms with Crippen molar-refractivity contribution >= 4 is 45.0 Å². The van der Waals surface area contributed by atoms with Gasteiger partial charge in [-0.2, -0.15) is 0 Å². The fourth-order valence-corrected chi connectivity index (χ4v) is 4.98. The van der Waals surface area contributed by atoms with Gasteiger partial charge >= 0.3 is 0 Å². The van der Waals surface area contributed by atoms with Crippen LogP contribution in [-0.2, 0) is 23.8 Å². The number of fused-ring (bicyclic) bond motifs is 5. The third-order valence-corrected chi connectivity index (χ3v) is 6.01. The number of hydrogen-bond donors (Lipinski definition) is 0. The molecule has 0 aromatic heterocycles. The molecule has 4 heterocycles. The summed E-state index contributed by atoms with van der Waals surface area (Å²) in [6.45, 7) is 0.881. The van der Waals surface area contributed by atoms with Gasteiger partial charge in [-0.25, -0.2) is 4.90 Å². The first-order valence-electron chi connectivity index (χ1n) is 7.96. The van der Waals surface area contributed by atoms with Gasteiger partial charge < -0.3 is 14.2 Å². The largest absolute Gasteiger partial charge is 0.357 e. The maximum Gasteiger partial charge on any atom is 0.241 e. The normalized spacial score (nSPS) is 36.7. The van der Waals surface area contributed by atoms with Gasteiger partial charge in [-0.05, 0) is 24.3 Å². The van der Waals surface area contributed by atoms with Crippen LogP contribution in [-0.4, -0.2) is 43.0 Å². The highest BCUT2D eigenvalue weighted by atomic mass is 79.9. The molecule has 0 aliphatic carbocycles. The number of rotatable bonds is 2. The van der Waals surface area contributed by atoms with Crippen molar-refractivity contribution in [1.29, 1.82) is 0 Å². The third-order valence-electron chi connectivity index (χ3n) is 5.22. The molecule has 4 aliphatic heterocycles. The first-order chi connectivity index (χ1) is 12.0. The van der Waals surface area contributed by atoms with Crippen LogP contribution in [0.1, 0.15) is 0 Å². The molecule has 3 fully saturated rings. The molecular formula is C17H13BrClNO5. The van der Waals surface area contributed by atoms with Crippen LogP contribution in [0.5, 0.6) is 0 Å². The van der Waals surface area contributed by atoms with E-state index in [2.05, 4.69) is 15.9 Å². The van der Waals surface area contributed by atoms with E-state index in [9.17, 15) is 9.59 Å². The van der Waals surface area contributed by atoms with Crippen molar-refractivity contribution < 1.29 is 23.8 Å². The fraction of sp³-hybridized carbons (Fsp3) is 0.412. The topological polar surface area (TPSA) is 65.1 Å². The molecule has 0 unspecified atom stereocenters. The number of amides is 2. The number of carbonyl (C=O) groups is 2. The Morgan fingerprint density at radius 2 is 1.96 bits per heavy atom. The van der Waals surface area contributed by atoms with Gasteiger partial charge in [0.2, 0.25) is 11.8 Å². The number of hydrogen-bond acceptors (Lipinski definition) is 5. The Balaban J connectivity index is 1.58. The van der Waals surface area contributed by atoms with Crippen LogP contribution in [0.15, 0.2) is 34.8 Å². The average molecular weight is 427 g/mol. The van der Waals surface area contributed by atoms with Gasteiger partial charge in [-0.1, -0.05) is 33.6 Å². The van der Waals surface area contributed by atoms with Crippen molar-refractivity contribution in [1.82, 2.24) is 0 Å². The van der Waals surface area contributed by atoms with Gasteiger partial charge in [0, 0.05) is 4.47 Å². The van der Waals surface area contributed by atoms with Crippen LogP contribution in [0, 0.1) is 11.8 Å². The second-order valence-electron chi connectivity index (χ2n) is 6.48. The predicted octanol–water partition coefficient (Wildman–Crippen LogP) is 2.29. The molecule has 130 valence electrons. The van der Waals surface area contributed by atoms with Gasteiger partial charge in [-0.3, -0.25) is 9.59 Å². The maximum absolute atomic E-state index is 13.2. The molecular weight excluding hydrogens is 414 g/mol. The molecule has 4 aliphatic rings. The van der Waals surface area contributed by atoms with Crippen LogP contribution in [0.4, 0.5) is 5.69 Å². The molecule has 25 heavy (non-hydrogen) atoms. The van der Waals surface area contributed by atoms with Crippen molar-refractivity contribution in [3.05, 3.63) is 39.8 Å². The number of benzene rings is 1. The summed E-state index contributed by atoms with van der Waals surface area (Å²) in [5.41, 5.74) is -0.660. The highest BCUT2D eigenvalue weighted by Crippen LogP contribution is 2.55. The molecule has 4 atom stereocenters. The zero-order chi connectivity index (χ0) is 17.3. The van der Waals surface area contributed by atoms with Gasteiger partial charge in [0.05, 0.1) is 41.9 Å². The molecule has 1 aromatic rings. The smallest absolute Gasteiger partial charge is 0.241 e. The summed E-state index contributed by atoms with van der Waals surface area (Å²) >= 11 is 9.60. The molecule has 2 amide bonds. The Kier molecular flexibility index (Phi) is 3.43. The van der Waals surface area contributed by atoms with Crippen molar-refractivity contribution in [2.24, 2.45) is 11.8 Å². The van der Waals surface area contributed by atoms with Crippen molar-refractivity contribution in [3.8, 4) is 0 Å². The lowest BCUT2D eigenvalue weighted by Crippen LogP contribution is -2.49. The minimum atomic E-state index is -1.05. The van der Waals surface area contributed by atoms with E-state index in [0.717, 1.165) is 4.47 Å². The summed E-state index contributed by atoms with van der Waals surface area (Å²) in [7, 11) is 0. The monoisotopic (exact) mass is 425 g/mol. The highest BCUT2D eigenvalue weighted by molar-refractivity contribution is 9.10. The van der Waals surface area contributed by atoms with Crippen molar-refractivity contribution in [2.75, 3.05) is 18.1 Å². The molecule has 3 saturated heterocycles. The van der Waals surface area contributed by atoms with E-state index in [1.807, 2.05) is 12.2 Å². The van der Waals surface area contributed by atoms with E-state index in [1.54, 1.807) is 18.2 Å². The van der Waals surface area contributed by atoms with E-state index in [1.165, 1.54) is 4.90 Å². The molecule has 6 nitrogen and oxygen atoms in total. The van der Waals surface area contributed by atoms with E-state index in [-0.39, 0.29) is 11.8 Å². The molecule has 0 N–H and O–H groups in total. The molecule has 2 bridgehead atoms. The molecule has 0 spiro atoms. The Morgan fingerprint density at radius 1 is 1.20 bits per heavy atom. The van der Waals surface area contributed by atoms with E-state index >= 15 is 0 Å². The lowest BCUT2D eigenvalue weighted by atomic mass is 9.76. The van der Waals surface area contributed by atoms with Gasteiger partial charge in [0.1, 0.15) is 0 Å². The standard InChI is InChI=1S/C17H13BrClNO5/c18-8-1-2-10(9(19)7-8)20-14(21)12-11-3-4-17(25-11,13(12)15(20)22)16-23-5-6-24-16/h1-4,7,11-13,16H,5-6H2/t11-,12+,13+,17-/m1/s1. The predicted molar refractivity (Wildman–Crippen MR) is 91.1 cm³/mol. The Hall–Kier alpha value is -1.25. The van der Waals surface area contributed by atoms with E-state index < -0.39 is 29.8 Å². The van der Waals surface area contributed by atoms with Crippen LogP contribution >= 0.6 is 27.5 Å². The molecule has 5 rings (SSSR count). The third kappa shape index (κ3) is 2.01. The number of imide groups is 1. The summed E-state index contributed by atoms with van der Waals surface area (Å²) in [5, 5.41) is 0.333. The first kappa shape index (κ1) is 16.0. The summed E-state index contributed by atoms with van der Waals surface area (Å²) < 4.78 is 18.0. The van der Waals surface area contributed by atoms with Gasteiger partial charge in [-0.15, -0.1) is 0 Å². The maximum atomic E-state index is 13.2. The number of carbonyl (C=O) groups excluding carboxylic acids is 2. The van der Waals surface area contributed by atoms with Crippen LogP contribution in [0.2, 0.25) is 5.02 Å². The van der Waals surface area contributed by atoms with Crippen LogP contribution in [0.3, 0.4) is 0 Å². The van der Waals surface area contributed by atoms with Gasteiger partial charge in [0.15, 0.2) is 11.9 Å². The van der Waals surface area contributed by atoms with Crippen LogP contribution < -0.4 is 4.90 Å². The summed E-state index contributed by atoms with van der Waals surface area (Å²) in [5.74, 6) is -1.87. The Bertz CT molecular complexity index is 823. The lowest BCUT2D eigenvalue weighted by molar-refractivity contribution is -0.180. The van der Waals surface area contributed by atoms with E-state index in [0.29, 0.717) is 23.9 Å². The zero-order valence-electron chi connectivity index (χ0n) is 12.9. The Morgan fingerprint density at radius 3 is 2.68 bits per heavy atom. The average Bonchev–Trinajstić information content (AvgIpc) is 3.33. The first-order valence-corrected chi connectivity index (χ1v) is 9.13.